The zero-order valence-corrected chi connectivity index (χ0v) is 26.2. The molecule has 0 radical (unpaired) electrons. The van der Waals surface area contributed by atoms with Crippen LogP contribution in [0.5, 0.6) is 5.75 Å². The average molecular weight is 549 g/mol. The summed E-state index contributed by atoms with van der Waals surface area (Å²) in [5.41, 5.74) is 4.53. The molecule has 0 aliphatic heterocycles. The standard InChI is InChI=1S/C30H38N4O2S.C2H6/c1-19-14-20(2)16-23(15-19)36-29(6,7)18-30(8,9)37-27-32-26(31-24-17-25(35)33-34(24)27)21-10-12-22(13-11-21)28(3,4)5;1-2/h10-17H,18H2,1-9H3,(H,33,35);1-2H3. The minimum atomic E-state index is -0.418. The Balaban J connectivity index is 0.00000205. The van der Waals surface area contributed by atoms with Crippen LogP contribution in [0.4, 0.5) is 0 Å². The van der Waals surface area contributed by atoms with Crippen LogP contribution in [0.2, 0.25) is 0 Å². The summed E-state index contributed by atoms with van der Waals surface area (Å²) < 4.78 is 7.88. The van der Waals surface area contributed by atoms with Gasteiger partial charge in [0.2, 0.25) is 0 Å². The molecule has 0 aliphatic rings. The zero-order valence-electron chi connectivity index (χ0n) is 25.4. The Bertz CT molecular complexity index is 1450. The fraction of sp³-hybridized carbons (Fsp3) is 0.469. The van der Waals surface area contributed by atoms with Crippen molar-refractivity contribution in [1.29, 1.82) is 0 Å². The summed E-state index contributed by atoms with van der Waals surface area (Å²) in [6.45, 7) is 23.3. The molecule has 2 heterocycles. The van der Waals surface area contributed by atoms with E-state index in [0.29, 0.717) is 16.6 Å². The Morgan fingerprint density at radius 3 is 2.03 bits per heavy atom. The Labute approximate surface area is 237 Å². The van der Waals surface area contributed by atoms with E-state index in [1.165, 1.54) is 22.8 Å². The van der Waals surface area contributed by atoms with Gasteiger partial charge in [-0.25, -0.2) is 14.5 Å². The highest BCUT2D eigenvalue weighted by Gasteiger charge is 2.33. The number of benzene rings is 2. The summed E-state index contributed by atoms with van der Waals surface area (Å²) in [7, 11) is 0. The molecule has 1 N–H and O–H groups in total. The van der Waals surface area contributed by atoms with Gasteiger partial charge in [0.1, 0.15) is 11.4 Å². The number of aromatic nitrogens is 4. The molecule has 39 heavy (non-hydrogen) atoms. The summed E-state index contributed by atoms with van der Waals surface area (Å²) in [5.74, 6) is 1.48. The molecular formula is C32H44N4O2S. The molecule has 0 fully saturated rings. The highest BCUT2D eigenvalue weighted by atomic mass is 32.2. The largest absolute Gasteiger partial charge is 0.488 e. The molecule has 2 aromatic heterocycles. The van der Waals surface area contributed by atoms with E-state index in [1.807, 2.05) is 13.8 Å². The maximum absolute atomic E-state index is 12.2. The summed E-state index contributed by atoms with van der Waals surface area (Å²) in [6.07, 6.45) is 0.754. The van der Waals surface area contributed by atoms with Crippen molar-refractivity contribution in [2.45, 2.75) is 104 Å². The van der Waals surface area contributed by atoms with E-state index in [4.69, 9.17) is 9.72 Å². The number of H-pyrrole nitrogens is 1. The molecule has 4 aromatic rings. The van der Waals surface area contributed by atoms with Crippen LogP contribution < -0.4 is 10.3 Å². The first-order chi connectivity index (χ1) is 18.1. The predicted molar refractivity (Wildman–Crippen MR) is 164 cm³/mol. The topological polar surface area (TPSA) is 72.3 Å². The highest BCUT2D eigenvalue weighted by Crippen LogP contribution is 2.39. The van der Waals surface area contributed by atoms with Gasteiger partial charge in [0.05, 0.1) is 0 Å². The van der Waals surface area contributed by atoms with Gasteiger partial charge in [-0.15, -0.1) is 0 Å². The second-order valence-corrected chi connectivity index (χ2v) is 13.9. The predicted octanol–water partition coefficient (Wildman–Crippen LogP) is 8.14. The quantitative estimate of drug-likeness (QED) is 0.236. The van der Waals surface area contributed by atoms with Crippen LogP contribution in [0.15, 0.2) is 58.5 Å². The first kappa shape index (κ1) is 30.5. The molecule has 6 nitrogen and oxygen atoms in total. The third-order valence-corrected chi connectivity index (χ3v) is 7.30. The normalized spacial score (nSPS) is 12.3. The first-order valence-corrected chi connectivity index (χ1v) is 14.5. The van der Waals surface area contributed by atoms with Crippen molar-refractivity contribution in [3.05, 3.63) is 75.6 Å². The molecule has 0 amide bonds. The molecule has 0 saturated heterocycles. The smallest absolute Gasteiger partial charge is 0.266 e. The maximum Gasteiger partial charge on any atom is 0.266 e. The van der Waals surface area contributed by atoms with Gasteiger partial charge < -0.3 is 4.74 Å². The van der Waals surface area contributed by atoms with Gasteiger partial charge in [-0.3, -0.25) is 9.89 Å². The van der Waals surface area contributed by atoms with Crippen LogP contribution in [-0.4, -0.2) is 29.9 Å². The van der Waals surface area contributed by atoms with Gasteiger partial charge in [-0.1, -0.05) is 90.6 Å². The lowest BCUT2D eigenvalue weighted by molar-refractivity contribution is 0.0904. The second-order valence-electron chi connectivity index (χ2n) is 12.2. The molecule has 0 spiro atoms. The average Bonchev–Trinajstić information content (AvgIpc) is 3.18. The number of thioether (sulfide) groups is 1. The zero-order chi connectivity index (χ0) is 29.2. The van der Waals surface area contributed by atoms with Gasteiger partial charge in [0.15, 0.2) is 16.6 Å². The summed E-state index contributed by atoms with van der Waals surface area (Å²) in [6, 6.07) is 16.2. The molecule has 0 aliphatic carbocycles. The monoisotopic (exact) mass is 548 g/mol. The number of aryl methyl sites for hydroxylation is 2. The molecule has 0 atom stereocenters. The Morgan fingerprint density at radius 2 is 1.46 bits per heavy atom. The lowest BCUT2D eigenvalue weighted by atomic mass is 9.87. The number of ether oxygens (including phenoxy) is 1. The SMILES string of the molecule is CC.Cc1cc(C)cc(OC(C)(C)CC(C)(C)Sc2nc(-c3ccc(C(C)(C)C)cc3)nc3cc(=O)[nH]n23)c1. The molecule has 2 aromatic carbocycles. The summed E-state index contributed by atoms with van der Waals surface area (Å²) in [4.78, 5) is 21.8. The molecule has 0 unspecified atom stereocenters. The van der Waals surface area contributed by atoms with Crippen LogP contribution in [0, 0.1) is 13.8 Å². The van der Waals surface area contributed by atoms with Crippen LogP contribution in [-0.2, 0) is 5.41 Å². The number of hydrogen-bond donors (Lipinski definition) is 1. The van der Waals surface area contributed by atoms with Crippen molar-refractivity contribution < 1.29 is 4.74 Å². The van der Waals surface area contributed by atoms with E-state index < -0.39 is 5.60 Å². The minimum absolute atomic E-state index is 0.0638. The van der Waals surface area contributed by atoms with Gasteiger partial charge in [0, 0.05) is 22.8 Å². The van der Waals surface area contributed by atoms with Gasteiger partial charge in [-0.2, -0.15) is 0 Å². The van der Waals surface area contributed by atoms with Crippen molar-refractivity contribution in [3.8, 4) is 17.1 Å². The third-order valence-electron chi connectivity index (χ3n) is 6.14. The molecular weight excluding hydrogens is 504 g/mol. The van der Waals surface area contributed by atoms with Crippen LogP contribution in [0.1, 0.15) is 85.4 Å². The molecule has 210 valence electrons. The van der Waals surface area contributed by atoms with E-state index >= 15 is 0 Å². The Kier molecular flexibility index (Phi) is 9.06. The van der Waals surface area contributed by atoms with E-state index in [9.17, 15) is 4.79 Å². The van der Waals surface area contributed by atoms with Crippen LogP contribution >= 0.6 is 11.8 Å². The number of nitrogens with one attached hydrogen (secondary N) is 1. The van der Waals surface area contributed by atoms with Gasteiger partial charge in [0.25, 0.3) is 5.56 Å². The summed E-state index contributed by atoms with van der Waals surface area (Å²) in [5, 5.41) is 3.55. The van der Waals surface area contributed by atoms with E-state index in [1.54, 1.807) is 16.3 Å². The van der Waals surface area contributed by atoms with Gasteiger partial charge >= 0.3 is 0 Å². The summed E-state index contributed by atoms with van der Waals surface area (Å²) >= 11 is 1.61. The highest BCUT2D eigenvalue weighted by molar-refractivity contribution is 8.00. The molecule has 4 rings (SSSR count). The Morgan fingerprint density at radius 1 is 0.872 bits per heavy atom. The fourth-order valence-corrected chi connectivity index (χ4v) is 6.13. The molecule has 7 heteroatoms. The van der Waals surface area contributed by atoms with Crippen molar-refractivity contribution in [2.75, 3.05) is 0 Å². The van der Waals surface area contributed by atoms with Crippen molar-refractivity contribution in [2.24, 2.45) is 0 Å². The Hall–Kier alpha value is -3.06. The number of fused-ring (bicyclic) bond motifs is 1. The van der Waals surface area contributed by atoms with Crippen molar-refractivity contribution in [3.63, 3.8) is 0 Å². The lowest BCUT2D eigenvalue weighted by Crippen LogP contribution is -2.36. The number of nitrogens with zero attached hydrogens (tertiary/aromatic N) is 3. The van der Waals surface area contributed by atoms with Gasteiger partial charge in [-0.05, 0) is 61.9 Å². The van der Waals surface area contributed by atoms with Crippen molar-refractivity contribution in [1.82, 2.24) is 19.6 Å². The molecule has 0 saturated carbocycles. The van der Waals surface area contributed by atoms with E-state index in [0.717, 1.165) is 17.7 Å². The third kappa shape index (κ3) is 7.98. The first-order valence-electron chi connectivity index (χ1n) is 13.7. The lowest BCUT2D eigenvalue weighted by Gasteiger charge is -2.35. The van der Waals surface area contributed by atoms with Crippen LogP contribution in [0.25, 0.3) is 17.0 Å². The number of hydrogen-bond acceptors (Lipinski definition) is 5. The maximum atomic E-state index is 12.2. The van der Waals surface area contributed by atoms with Crippen molar-refractivity contribution >= 4 is 17.4 Å². The number of rotatable bonds is 7. The van der Waals surface area contributed by atoms with Crippen LogP contribution in [0.3, 0.4) is 0 Å². The fourth-order valence-electron chi connectivity index (χ4n) is 4.86. The second kappa shape index (κ2) is 11.6. The van der Waals surface area contributed by atoms with E-state index in [2.05, 4.69) is 115 Å². The number of aromatic amines is 1. The van der Waals surface area contributed by atoms with E-state index in [-0.39, 0.29) is 15.7 Å². The minimum Gasteiger partial charge on any atom is -0.488 e. The molecule has 0 bridgehead atoms.